The number of methoxy groups -OCH3 is 1. The van der Waals surface area contributed by atoms with Gasteiger partial charge in [0.2, 0.25) is 0 Å². The highest BCUT2D eigenvalue weighted by atomic mass is 32.2. The van der Waals surface area contributed by atoms with Crippen LogP contribution in [0.4, 0.5) is 5.69 Å². The van der Waals surface area contributed by atoms with E-state index in [0.29, 0.717) is 5.25 Å². The Morgan fingerprint density at radius 1 is 1.38 bits per heavy atom. The summed E-state index contributed by atoms with van der Waals surface area (Å²) in [6, 6.07) is 5.91. The topological polar surface area (TPSA) is 44.5 Å². The Kier molecular flexibility index (Phi) is 4.92. The fourth-order valence-corrected chi connectivity index (χ4v) is 5.68. The molecule has 1 unspecified atom stereocenters. The van der Waals surface area contributed by atoms with Gasteiger partial charge in [-0.1, -0.05) is 0 Å². The zero-order chi connectivity index (χ0) is 14.7. The Morgan fingerprint density at radius 3 is 2.95 bits per heavy atom. The van der Waals surface area contributed by atoms with Crippen molar-refractivity contribution in [3.63, 3.8) is 0 Å². The van der Waals surface area contributed by atoms with E-state index in [2.05, 4.69) is 17.8 Å². The van der Waals surface area contributed by atoms with Gasteiger partial charge in [-0.3, -0.25) is 0 Å². The van der Waals surface area contributed by atoms with Crippen molar-refractivity contribution in [1.29, 1.82) is 0 Å². The molecular formula is C16H23NO2S2. The first-order chi connectivity index (χ1) is 10.2. The molecule has 0 aliphatic carbocycles. The van der Waals surface area contributed by atoms with Gasteiger partial charge in [0, 0.05) is 22.4 Å². The van der Waals surface area contributed by atoms with Gasteiger partial charge in [-0.2, -0.15) is 11.8 Å². The second kappa shape index (κ2) is 6.71. The summed E-state index contributed by atoms with van der Waals surface area (Å²) in [6.45, 7) is 0.881. The first-order valence-electron chi connectivity index (χ1n) is 7.53. The molecule has 0 radical (unpaired) electrons. The Hall–Kier alpha value is -0.520. The average Bonchev–Trinajstić information content (AvgIpc) is 2.50. The summed E-state index contributed by atoms with van der Waals surface area (Å²) in [5, 5.41) is 0.594. The summed E-state index contributed by atoms with van der Waals surface area (Å²) in [5.41, 5.74) is 7.10. The average molecular weight is 325 g/mol. The van der Waals surface area contributed by atoms with Gasteiger partial charge in [0.05, 0.1) is 12.7 Å². The molecule has 1 aromatic carbocycles. The summed E-state index contributed by atoms with van der Waals surface area (Å²) < 4.78 is 11.5. The van der Waals surface area contributed by atoms with Crippen molar-refractivity contribution >= 4 is 29.2 Å². The van der Waals surface area contributed by atoms with Gasteiger partial charge in [-0.05, 0) is 55.4 Å². The number of benzene rings is 1. The lowest BCUT2D eigenvalue weighted by atomic mass is 9.88. The van der Waals surface area contributed by atoms with Crippen molar-refractivity contribution in [3.8, 4) is 5.75 Å². The zero-order valence-electron chi connectivity index (χ0n) is 12.5. The zero-order valence-corrected chi connectivity index (χ0v) is 14.1. The Morgan fingerprint density at radius 2 is 2.19 bits per heavy atom. The molecule has 2 N–H and O–H groups in total. The molecule has 2 aliphatic rings. The third-order valence-electron chi connectivity index (χ3n) is 4.37. The second-order valence-electron chi connectivity index (χ2n) is 5.78. The molecule has 3 nitrogen and oxygen atoms in total. The highest BCUT2D eigenvalue weighted by Crippen LogP contribution is 2.44. The van der Waals surface area contributed by atoms with E-state index in [9.17, 15) is 0 Å². The molecule has 21 heavy (non-hydrogen) atoms. The van der Waals surface area contributed by atoms with Gasteiger partial charge in [-0.15, -0.1) is 11.8 Å². The predicted octanol–water partition coefficient (Wildman–Crippen LogP) is 3.81. The van der Waals surface area contributed by atoms with Gasteiger partial charge in [0.25, 0.3) is 0 Å². The lowest BCUT2D eigenvalue weighted by Crippen LogP contribution is -2.43. The number of hydrogen-bond donors (Lipinski definition) is 1. The van der Waals surface area contributed by atoms with E-state index in [0.717, 1.165) is 35.8 Å². The van der Waals surface area contributed by atoms with Gasteiger partial charge < -0.3 is 15.2 Å². The predicted molar refractivity (Wildman–Crippen MR) is 91.5 cm³/mol. The lowest BCUT2D eigenvalue weighted by Gasteiger charge is -2.43. The minimum atomic E-state index is 0.134. The molecule has 3 rings (SSSR count). The van der Waals surface area contributed by atoms with Crippen LogP contribution in [-0.2, 0) is 4.74 Å². The molecule has 2 fully saturated rings. The van der Waals surface area contributed by atoms with E-state index in [1.54, 1.807) is 7.11 Å². The normalized spacial score (nSPS) is 24.9. The summed E-state index contributed by atoms with van der Waals surface area (Å²) >= 11 is 3.95. The number of ether oxygens (including phenoxy) is 2. The van der Waals surface area contributed by atoms with Crippen LogP contribution in [0.5, 0.6) is 5.75 Å². The summed E-state index contributed by atoms with van der Waals surface area (Å²) in [5.74, 6) is 3.35. The van der Waals surface area contributed by atoms with Crippen molar-refractivity contribution in [1.82, 2.24) is 0 Å². The maximum Gasteiger partial charge on any atom is 0.120 e. The van der Waals surface area contributed by atoms with Crippen molar-refractivity contribution < 1.29 is 9.47 Å². The lowest BCUT2D eigenvalue weighted by molar-refractivity contribution is -0.0804. The Balaban J connectivity index is 1.69. The van der Waals surface area contributed by atoms with E-state index in [-0.39, 0.29) is 5.60 Å². The maximum absolute atomic E-state index is 6.17. The van der Waals surface area contributed by atoms with Crippen LogP contribution in [0, 0.1) is 0 Å². The molecule has 0 aromatic heterocycles. The monoisotopic (exact) mass is 325 g/mol. The van der Waals surface area contributed by atoms with Crippen molar-refractivity contribution in [2.45, 2.75) is 41.4 Å². The standard InChI is InChI=1S/C16H23NO2S2/c1-18-12-2-3-14(17)15(10-12)21-13-4-7-19-16(11-13)5-8-20-9-6-16/h2-3,10,13H,4-9,11,17H2,1H3. The molecule has 2 aliphatic heterocycles. The van der Waals surface area contributed by atoms with E-state index in [4.69, 9.17) is 15.2 Å². The number of nitrogen functional groups attached to an aromatic ring is 1. The smallest absolute Gasteiger partial charge is 0.120 e. The molecule has 0 bridgehead atoms. The third kappa shape index (κ3) is 3.63. The summed E-state index contributed by atoms with van der Waals surface area (Å²) in [7, 11) is 1.70. The van der Waals surface area contributed by atoms with Gasteiger partial charge in [0.1, 0.15) is 5.75 Å². The fourth-order valence-electron chi connectivity index (χ4n) is 3.10. The largest absolute Gasteiger partial charge is 0.497 e. The third-order valence-corrected chi connectivity index (χ3v) is 6.69. The first-order valence-corrected chi connectivity index (χ1v) is 9.56. The molecular weight excluding hydrogens is 302 g/mol. The van der Waals surface area contributed by atoms with Gasteiger partial charge >= 0.3 is 0 Å². The van der Waals surface area contributed by atoms with Crippen LogP contribution in [0.1, 0.15) is 25.7 Å². The second-order valence-corrected chi connectivity index (χ2v) is 8.35. The van der Waals surface area contributed by atoms with Crippen molar-refractivity contribution in [2.24, 2.45) is 0 Å². The van der Waals surface area contributed by atoms with E-state index < -0.39 is 0 Å². The van der Waals surface area contributed by atoms with Crippen molar-refractivity contribution in [3.05, 3.63) is 18.2 Å². The van der Waals surface area contributed by atoms with E-state index in [1.165, 1.54) is 24.3 Å². The Bertz CT molecular complexity index is 484. The van der Waals surface area contributed by atoms with E-state index >= 15 is 0 Å². The molecule has 0 saturated carbocycles. The van der Waals surface area contributed by atoms with Crippen molar-refractivity contribution in [2.75, 3.05) is 31.0 Å². The van der Waals surface area contributed by atoms with Gasteiger partial charge in [-0.25, -0.2) is 0 Å². The van der Waals surface area contributed by atoms with Crippen LogP contribution in [0.25, 0.3) is 0 Å². The highest BCUT2D eigenvalue weighted by molar-refractivity contribution is 8.00. The van der Waals surface area contributed by atoms with Gasteiger partial charge in [0.15, 0.2) is 0 Å². The number of nitrogens with two attached hydrogens (primary N) is 1. The van der Waals surface area contributed by atoms with Crippen LogP contribution >= 0.6 is 23.5 Å². The SMILES string of the molecule is COc1ccc(N)c(SC2CCOC3(CCSCC3)C2)c1. The molecule has 1 atom stereocenters. The van der Waals surface area contributed by atoms with E-state index in [1.807, 2.05) is 23.9 Å². The number of rotatable bonds is 3. The number of anilines is 1. The van der Waals surface area contributed by atoms with Crippen LogP contribution in [0.2, 0.25) is 0 Å². The van der Waals surface area contributed by atoms with Crippen LogP contribution in [-0.4, -0.2) is 36.1 Å². The summed E-state index contributed by atoms with van der Waals surface area (Å²) in [6.07, 6.45) is 4.65. The van der Waals surface area contributed by atoms with Crippen LogP contribution in [0.15, 0.2) is 23.1 Å². The first kappa shape index (κ1) is 15.4. The molecule has 1 aromatic rings. The molecule has 5 heteroatoms. The molecule has 2 saturated heterocycles. The highest BCUT2D eigenvalue weighted by Gasteiger charge is 2.39. The molecule has 0 amide bonds. The number of hydrogen-bond acceptors (Lipinski definition) is 5. The quantitative estimate of drug-likeness (QED) is 0.856. The molecule has 116 valence electrons. The fraction of sp³-hybridized carbons (Fsp3) is 0.625. The number of thioether (sulfide) groups is 2. The molecule has 1 spiro atoms. The molecule has 2 heterocycles. The van der Waals surface area contributed by atoms with Crippen LogP contribution < -0.4 is 10.5 Å². The summed E-state index contributed by atoms with van der Waals surface area (Å²) in [4.78, 5) is 1.14. The maximum atomic E-state index is 6.17. The minimum Gasteiger partial charge on any atom is -0.497 e. The minimum absolute atomic E-state index is 0.134. The van der Waals surface area contributed by atoms with Crippen LogP contribution in [0.3, 0.4) is 0 Å². The Labute approximate surface area is 135 Å².